The van der Waals surface area contributed by atoms with Crippen molar-refractivity contribution in [2.45, 2.75) is 40.3 Å². The van der Waals surface area contributed by atoms with Gasteiger partial charge < -0.3 is 19.5 Å². The number of hydrogen-bond acceptors (Lipinski definition) is 9. The van der Waals surface area contributed by atoms with Crippen LogP contribution in [0.3, 0.4) is 0 Å². The average Bonchev–Trinajstić information content (AvgIpc) is 3.56. The van der Waals surface area contributed by atoms with Crippen molar-refractivity contribution >= 4 is 29.4 Å². The van der Waals surface area contributed by atoms with E-state index < -0.39 is 0 Å². The number of aryl methyl sites for hydroxylation is 2. The van der Waals surface area contributed by atoms with Crippen LogP contribution >= 0.6 is 23.5 Å². The molecular formula is C26H30ClN7O2S. The summed E-state index contributed by atoms with van der Waals surface area (Å²) in [5, 5.41) is 12.6. The summed E-state index contributed by atoms with van der Waals surface area (Å²) < 4.78 is 13.4. The predicted molar refractivity (Wildman–Crippen MR) is 147 cm³/mol. The van der Waals surface area contributed by atoms with E-state index in [1.807, 2.05) is 56.4 Å². The third-order valence-electron chi connectivity index (χ3n) is 6.45. The molecule has 5 rings (SSSR count). The summed E-state index contributed by atoms with van der Waals surface area (Å²) in [6, 6.07) is 5.62. The van der Waals surface area contributed by atoms with Gasteiger partial charge in [-0.2, -0.15) is 5.10 Å². The van der Waals surface area contributed by atoms with Crippen LogP contribution in [-0.2, 0) is 13.1 Å². The van der Waals surface area contributed by atoms with Gasteiger partial charge in [-0.1, -0.05) is 16.8 Å². The van der Waals surface area contributed by atoms with Crippen molar-refractivity contribution in [2.75, 3.05) is 31.4 Å². The molecule has 4 aromatic rings. The molecule has 194 valence electrons. The highest BCUT2D eigenvalue weighted by molar-refractivity contribution is 7.97. The smallest absolute Gasteiger partial charge is 0.163 e. The van der Waals surface area contributed by atoms with E-state index in [9.17, 15) is 0 Å². The number of ether oxygens (including phenoxy) is 1. The Kier molecular flexibility index (Phi) is 7.41. The minimum absolute atomic E-state index is 0.528. The van der Waals surface area contributed by atoms with E-state index in [-0.39, 0.29) is 0 Å². The van der Waals surface area contributed by atoms with Gasteiger partial charge in [0.15, 0.2) is 5.82 Å². The van der Waals surface area contributed by atoms with Crippen LogP contribution in [0.15, 0.2) is 28.9 Å². The second-order valence-corrected chi connectivity index (χ2v) is 10.2. The predicted octanol–water partition coefficient (Wildman–Crippen LogP) is 5.21. The molecule has 1 N–H and O–H groups in total. The Morgan fingerprint density at radius 1 is 1.19 bits per heavy atom. The number of halogens is 1. The first-order valence-corrected chi connectivity index (χ1v) is 13.7. The number of nitrogens with one attached hydrogen (secondary N) is 1. The third kappa shape index (κ3) is 5.05. The minimum atomic E-state index is 0.528. The van der Waals surface area contributed by atoms with Crippen LogP contribution in [0.5, 0.6) is 5.75 Å². The molecule has 0 aliphatic carbocycles. The first kappa shape index (κ1) is 25.6. The Bertz CT molecular complexity index is 1390. The number of anilines is 1. The molecule has 0 saturated heterocycles. The molecule has 37 heavy (non-hydrogen) atoms. The lowest BCUT2D eigenvalue weighted by atomic mass is 10.0. The molecule has 0 unspecified atom stereocenters. The summed E-state index contributed by atoms with van der Waals surface area (Å²) in [5.74, 6) is 2.81. The molecule has 11 heteroatoms. The molecule has 0 spiro atoms. The second kappa shape index (κ2) is 10.7. The lowest BCUT2D eigenvalue weighted by molar-refractivity contribution is 0.310. The van der Waals surface area contributed by atoms with E-state index >= 15 is 0 Å². The summed E-state index contributed by atoms with van der Waals surface area (Å²) in [5.41, 5.74) is 6.37. The van der Waals surface area contributed by atoms with Crippen LogP contribution < -0.4 is 15.0 Å². The second-order valence-electron chi connectivity index (χ2n) is 9.03. The van der Waals surface area contributed by atoms with Gasteiger partial charge in [-0.25, -0.2) is 14.1 Å². The van der Waals surface area contributed by atoms with E-state index in [0.717, 1.165) is 59.3 Å². The number of fused-ring (bicyclic) bond motifs is 1. The monoisotopic (exact) mass is 539 g/mol. The number of rotatable bonds is 9. The van der Waals surface area contributed by atoms with Gasteiger partial charge in [0, 0.05) is 35.7 Å². The summed E-state index contributed by atoms with van der Waals surface area (Å²) in [7, 11) is 1.93. The maximum Gasteiger partial charge on any atom is 0.163 e. The number of nitrogens with zero attached hydrogens (tertiary/aromatic N) is 6. The highest BCUT2D eigenvalue weighted by Gasteiger charge is 2.28. The van der Waals surface area contributed by atoms with E-state index in [0.29, 0.717) is 35.3 Å². The molecule has 3 aromatic heterocycles. The van der Waals surface area contributed by atoms with E-state index in [2.05, 4.69) is 21.6 Å². The fourth-order valence-electron chi connectivity index (χ4n) is 4.57. The van der Waals surface area contributed by atoms with Crippen LogP contribution in [0.25, 0.3) is 22.6 Å². The van der Waals surface area contributed by atoms with Gasteiger partial charge in [0.2, 0.25) is 0 Å². The highest BCUT2D eigenvalue weighted by Crippen LogP contribution is 2.39. The Morgan fingerprint density at radius 3 is 2.73 bits per heavy atom. The van der Waals surface area contributed by atoms with Gasteiger partial charge in [0.25, 0.3) is 0 Å². The van der Waals surface area contributed by atoms with Gasteiger partial charge in [0.1, 0.15) is 17.3 Å². The van der Waals surface area contributed by atoms with Gasteiger partial charge >= 0.3 is 0 Å². The molecule has 1 aliphatic rings. The summed E-state index contributed by atoms with van der Waals surface area (Å²) >= 11 is 8.27. The fourth-order valence-corrected chi connectivity index (χ4v) is 5.19. The van der Waals surface area contributed by atoms with Gasteiger partial charge in [-0.3, -0.25) is 0 Å². The van der Waals surface area contributed by atoms with Crippen LogP contribution in [0.4, 0.5) is 5.82 Å². The maximum atomic E-state index is 6.69. The van der Waals surface area contributed by atoms with Crippen LogP contribution in [0.2, 0.25) is 5.02 Å². The van der Waals surface area contributed by atoms with Crippen molar-refractivity contribution in [1.82, 2.24) is 29.6 Å². The largest absolute Gasteiger partial charge is 0.494 e. The molecule has 0 saturated carbocycles. The normalized spacial score (nSPS) is 12.9. The average molecular weight is 540 g/mol. The fraction of sp³-hybridized carbons (Fsp3) is 0.385. The number of aromatic nitrogens is 5. The maximum absolute atomic E-state index is 6.69. The van der Waals surface area contributed by atoms with Crippen molar-refractivity contribution in [2.24, 2.45) is 0 Å². The van der Waals surface area contributed by atoms with Gasteiger partial charge in [-0.05, 0) is 70.9 Å². The van der Waals surface area contributed by atoms with Crippen LogP contribution in [-0.4, -0.2) is 50.8 Å². The Morgan fingerprint density at radius 2 is 2.03 bits per heavy atom. The first-order valence-electron chi connectivity index (χ1n) is 12.2. The Hall–Kier alpha value is -3.08. The summed E-state index contributed by atoms with van der Waals surface area (Å²) in [6.07, 6.45) is 5.00. The first-order chi connectivity index (χ1) is 17.9. The SMILES string of the molecule is CNCCCOc1ccc(Cl)c(-c2nc(-c3c(C)noc3C)c(C)c(N3Cc4cn(SC)nc4C3)n2)c1. The lowest BCUT2D eigenvalue weighted by Gasteiger charge is -2.22. The molecule has 0 amide bonds. The third-order valence-corrected chi connectivity index (χ3v) is 7.34. The summed E-state index contributed by atoms with van der Waals surface area (Å²) in [4.78, 5) is 12.3. The van der Waals surface area contributed by atoms with Crippen molar-refractivity contribution < 1.29 is 9.26 Å². The van der Waals surface area contributed by atoms with E-state index in [1.165, 1.54) is 5.56 Å². The molecule has 0 atom stereocenters. The standard InChI is InChI=1S/C26H30ClN7O2S/c1-15-24(23-16(2)32-36-17(23)3)29-25(20-11-19(7-8-21(20)27)35-10-6-9-28-4)30-26(15)33-12-18-13-34(37-5)31-22(18)14-33/h7-8,11,13,28H,6,9-10,12,14H2,1-5H3. The van der Waals surface area contributed by atoms with Crippen LogP contribution in [0.1, 0.15) is 34.7 Å². The molecule has 9 nitrogen and oxygen atoms in total. The zero-order chi connectivity index (χ0) is 26.1. The van der Waals surface area contributed by atoms with Gasteiger partial charge in [-0.15, -0.1) is 0 Å². The molecule has 4 heterocycles. The highest BCUT2D eigenvalue weighted by atomic mass is 35.5. The molecule has 0 fully saturated rings. The van der Waals surface area contributed by atoms with Crippen molar-refractivity contribution in [3.05, 3.63) is 57.7 Å². The zero-order valence-electron chi connectivity index (χ0n) is 21.6. The van der Waals surface area contributed by atoms with Crippen molar-refractivity contribution in [3.8, 4) is 28.4 Å². The molecule has 1 aliphatic heterocycles. The zero-order valence-corrected chi connectivity index (χ0v) is 23.2. The van der Waals surface area contributed by atoms with E-state index in [1.54, 1.807) is 11.9 Å². The topological polar surface area (TPSA) is 94.1 Å². The van der Waals surface area contributed by atoms with E-state index in [4.69, 9.17) is 35.9 Å². The molecular weight excluding hydrogens is 510 g/mol. The Balaban J connectivity index is 1.58. The summed E-state index contributed by atoms with van der Waals surface area (Å²) in [6.45, 7) is 8.75. The molecule has 0 radical (unpaired) electrons. The lowest BCUT2D eigenvalue weighted by Crippen LogP contribution is -2.19. The van der Waals surface area contributed by atoms with Gasteiger partial charge in [0.05, 0.1) is 40.8 Å². The van der Waals surface area contributed by atoms with Crippen molar-refractivity contribution in [3.63, 3.8) is 0 Å². The molecule has 1 aromatic carbocycles. The number of benzene rings is 1. The number of hydrogen-bond donors (Lipinski definition) is 1. The molecule has 0 bridgehead atoms. The Labute approximate surface area is 225 Å². The van der Waals surface area contributed by atoms with Crippen LogP contribution in [0, 0.1) is 20.8 Å². The quantitative estimate of drug-likeness (QED) is 0.288. The minimum Gasteiger partial charge on any atom is -0.494 e. The van der Waals surface area contributed by atoms with Crippen molar-refractivity contribution in [1.29, 1.82) is 0 Å².